The lowest BCUT2D eigenvalue weighted by Crippen LogP contribution is -2.21. The minimum Gasteiger partial charge on any atom is -0.394 e. The fraction of sp³-hybridized carbons (Fsp3) is 0.571. The van der Waals surface area contributed by atoms with Crippen LogP contribution in [0, 0.1) is 0 Å². The van der Waals surface area contributed by atoms with Gasteiger partial charge >= 0.3 is 0 Å². The van der Waals surface area contributed by atoms with E-state index in [4.69, 9.17) is 13.6 Å². The third-order valence-corrected chi connectivity index (χ3v) is 2.62. The van der Waals surface area contributed by atoms with Crippen LogP contribution in [0.3, 0.4) is 0 Å². The Bertz CT molecular complexity index is 295. The van der Waals surface area contributed by atoms with E-state index in [9.17, 15) is 0 Å². The van der Waals surface area contributed by atoms with Gasteiger partial charge in [0.1, 0.15) is 0 Å². The van der Waals surface area contributed by atoms with Gasteiger partial charge in [-0.25, -0.2) is 0 Å². The van der Waals surface area contributed by atoms with E-state index in [2.05, 4.69) is 22.8 Å². The van der Waals surface area contributed by atoms with Gasteiger partial charge in [0.15, 0.2) is 0 Å². The van der Waals surface area contributed by atoms with Crippen molar-refractivity contribution < 1.29 is 0 Å². The van der Waals surface area contributed by atoms with E-state index in [1.165, 1.54) is 5.57 Å². The molecule has 4 heteroatoms. The number of hydrogen-bond donors (Lipinski definition) is 3. The first kappa shape index (κ1) is 17.0. The van der Waals surface area contributed by atoms with Gasteiger partial charge in [-0.2, -0.15) is 0 Å². The highest BCUT2D eigenvalue weighted by Crippen LogP contribution is 2.11. The summed E-state index contributed by atoms with van der Waals surface area (Å²) < 4.78 is 0. The number of rotatable bonds is 9. The minimum absolute atomic E-state index is 0.0246. The Morgan fingerprint density at radius 1 is 1.39 bits per heavy atom. The third-order valence-electron chi connectivity index (χ3n) is 2.62. The maximum absolute atomic E-state index is 6.10. The summed E-state index contributed by atoms with van der Waals surface area (Å²) in [7, 11) is 9.41. The molecular weight excluding hydrogens is 221 g/mol. The van der Waals surface area contributed by atoms with Crippen molar-refractivity contribution in [1.29, 1.82) is 0 Å². The van der Waals surface area contributed by atoms with E-state index in [0.717, 1.165) is 25.0 Å². The first-order chi connectivity index (χ1) is 8.69. The molecule has 0 aromatic carbocycles. The first-order valence-corrected chi connectivity index (χ1v) is 6.47. The standard InChI is InChI=1S/C14H26BN3/c1-4-5-13(14(16)8-9-15)7-6-12(10-17-2)11-18-3/h4-5,7,10,14,17-18H,6,8-9,11,16H2,1-3H3/b5-4-,12-10-,13-7+. The summed E-state index contributed by atoms with van der Waals surface area (Å²) in [5.74, 6) is 0. The second-order valence-electron chi connectivity index (χ2n) is 4.21. The quantitative estimate of drug-likeness (QED) is 0.427. The highest BCUT2D eigenvalue weighted by molar-refractivity contribution is 6.08. The molecule has 0 fully saturated rings. The second-order valence-corrected chi connectivity index (χ2v) is 4.21. The number of nitrogens with two attached hydrogens (primary N) is 1. The van der Waals surface area contributed by atoms with Gasteiger partial charge in [-0.1, -0.05) is 24.5 Å². The van der Waals surface area contributed by atoms with Crippen molar-refractivity contribution >= 4 is 7.85 Å². The molecule has 100 valence electrons. The topological polar surface area (TPSA) is 50.1 Å². The largest absolute Gasteiger partial charge is 0.394 e. The van der Waals surface area contributed by atoms with Crippen LogP contribution in [-0.4, -0.2) is 34.5 Å². The molecule has 3 nitrogen and oxygen atoms in total. The van der Waals surface area contributed by atoms with Crippen LogP contribution in [-0.2, 0) is 0 Å². The van der Waals surface area contributed by atoms with Crippen LogP contribution in [0.1, 0.15) is 19.8 Å². The van der Waals surface area contributed by atoms with Gasteiger partial charge in [-0.3, -0.25) is 0 Å². The zero-order valence-electron chi connectivity index (χ0n) is 11.9. The van der Waals surface area contributed by atoms with E-state index >= 15 is 0 Å². The molecule has 1 atom stereocenters. The Kier molecular flexibility index (Phi) is 10.5. The molecule has 0 rings (SSSR count). The molecule has 1 unspecified atom stereocenters. The van der Waals surface area contributed by atoms with Crippen LogP contribution < -0.4 is 16.4 Å². The van der Waals surface area contributed by atoms with Crippen LogP contribution >= 0.6 is 0 Å². The van der Waals surface area contributed by atoms with Gasteiger partial charge < -0.3 is 16.4 Å². The maximum Gasteiger partial charge on any atom is 0.0653 e. The van der Waals surface area contributed by atoms with E-state index in [0.29, 0.717) is 6.32 Å². The molecular formula is C14H26BN3. The molecule has 0 spiro atoms. The van der Waals surface area contributed by atoms with Crippen molar-refractivity contribution in [2.45, 2.75) is 32.1 Å². The van der Waals surface area contributed by atoms with Crippen molar-refractivity contribution in [2.75, 3.05) is 20.6 Å². The number of allylic oxidation sites excluding steroid dienone is 2. The molecule has 0 aromatic rings. The highest BCUT2D eigenvalue weighted by Gasteiger charge is 2.05. The average Bonchev–Trinajstić information content (AvgIpc) is 2.35. The van der Waals surface area contributed by atoms with Crippen LogP contribution in [0.5, 0.6) is 0 Å². The third kappa shape index (κ3) is 7.35. The van der Waals surface area contributed by atoms with E-state index in [-0.39, 0.29) is 6.04 Å². The molecule has 0 heterocycles. The Morgan fingerprint density at radius 2 is 2.11 bits per heavy atom. The number of likely N-dealkylation sites (N-methyl/N-ethyl adjacent to an activating group) is 1. The second kappa shape index (κ2) is 11.1. The molecule has 0 amide bonds. The van der Waals surface area contributed by atoms with E-state index in [1.807, 2.05) is 33.3 Å². The van der Waals surface area contributed by atoms with Gasteiger partial charge in [-0.05, 0) is 44.2 Å². The predicted octanol–water partition coefficient (Wildman–Crippen LogP) is 1.51. The monoisotopic (exact) mass is 247 g/mol. The van der Waals surface area contributed by atoms with Crippen LogP contribution in [0.4, 0.5) is 0 Å². The molecule has 0 bridgehead atoms. The van der Waals surface area contributed by atoms with Crippen molar-refractivity contribution in [2.24, 2.45) is 5.73 Å². The van der Waals surface area contributed by atoms with Crippen molar-refractivity contribution in [3.63, 3.8) is 0 Å². The summed E-state index contributed by atoms with van der Waals surface area (Å²) >= 11 is 0. The fourth-order valence-corrected chi connectivity index (χ4v) is 1.74. The van der Waals surface area contributed by atoms with Crippen LogP contribution in [0.25, 0.3) is 0 Å². The molecule has 0 aromatic heterocycles. The molecule has 0 aliphatic rings. The fourth-order valence-electron chi connectivity index (χ4n) is 1.74. The van der Waals surface area contributed by atoms with Gasteiger partial charge in [0.05, 0.1) is 7.85 Å². The Hall–Kier alpha value is -0.995. The molecule has 0 saturated heterocycles. The molecule has 0 aliphatic heterocycles. The van der Waals surface area contributed by atoms with Gasteiger partial charge in [0.2, 0.25) is 0 Å². The van der Waals surface area contributed by atoms with Crippen molar-refractivity contribution in [3.8, 4) is 0 Å². The lowest BCUT2D eigenvalue weighted by molar-refractivity contribution is 0.749. The lowest BCUT2D eigenvalue weighted by Gasteiger charge is -2.13. The zero-order valence-corrected chi connectivity index (χ0v) is 11.9. The molecule has 0 saturated carbocycles. The van der Waals surface area contributed by atoms with Crippen LogP contribution in [0.2, 0.25) is 6.32 Å². The Morgan fingerprint density at radius 3 is 2.61 bits per heavy atom. The Labute approximate surface area is 113 Å². The lowest BCUT2D eigenvalue weighted by atomic mass is 9.93. The van der Waals surface area contributed by atoms with Gasteiger partial charge in [0, 0.05) is 19.6 Å². The summed E-state index contributed by atoms with van der Waals surface area (Å²) in [5.41, 5.74) is 8.55. The number of hydrogen-bond acceptors (Lipinski definition) is 3. The van der Waals surface area contributed by atoms with E-state index < -0.39 is 0 Å². The predicted molar refractivity (Wildman–Crippen MR) is 81.7 cm³/mol. The summed E-state index contributed by atoms with van der Waals surface area (Å²) in [6.45, 7) is 2.87. The van der Waals surface area contributed by atoms with Gasteiger partial charge in [-0.15, -0.1) is 0 Å². The number of nitrogens with one attached hydrogen (secondary N) is 2. The zero-order chi connectivity index (χ0) is 13.8. The SMILES string of the molecule is [B]CCC(N)C(/C=C\C)=C/C/C(=C/NC)CNC. The molecule has 2 radical (unpaired) electrons. The van der Waals surface area contributed by atoms with Gasteiger partial charge in [0.25, 0.3) is 0 Å². The summed E-state index contributed by atoms with van der Waals surface area (Å²) in [5, 5.41) is 6.22. The Balaban J connectivity index is 4.68. The summed E-state index contributed by atoms with van der Waals surface area (Å²) in [4.78, 5) is 0. The molecule has 0 aliphatic carbocycles. The van der Waals surface area contributed by atoms with Crippen molar-refractivity contribution in [1.82, 2.24) is 10.6 Å². The molecule has 4 N–H and O–H groups in total. The summed E-state index contributed by atoms with van der Waals surface area (Å²) in [6.07, 6.45) is 10.6. The first-order valence-electron chi connectivity index (χ1n) is 6.47. The summed E-state index contributed by atoms with van der Waals surface area (Å²) in [6, 6.07) is 0.0246. The maximum atomic E-state index is 6.10. The van der Waals surface area contributed by atoms with E-state index in [1.54, 1.807) is 0 Å². The average molecular weight is 247 g/mol. The van der Waals surface area contributed by atoms with Crippen molar-refractivity contribution in [3.05, 3.63) is 35.6 Å². The minimum atomic E-state index is 0.0246. The highest BCUT2D eigenvalue weighted by atomic mass is 14.8. The normalized spacial score (nSPS) is 15.1. The molecule has 18 heavy (non-hydrogen) atoms. The smallest absolute Gasteiger partial charge is 0.0653 e. The van der Waals surface area contributed by atoms with Crippen LogP contribution in [0.15, 0.2) is 35.6 Å².